The maximum Gasteiger partial charge on any atom is 0.352 e. The number of aliphatic hydroxyl groups excluding tert-OH is 1. The molecule has 2 amide bonds. The van der Waals surface area contributed by atoms with Crippen LogP contribution in [0.15, 0.2) is 28.8 Å². The topological polar surface area (TPSA) is 125 Å². The number of aliphatic carboxylic acids is 1. The number of carboxylic acids is 1. The van der Waals surface area contributed by atoms with E-state index in [-0.39, 0.29) is 17.0 Å². The average Bonchev–Trinajstić information content (AvgIpc) is 3.19. The van der Waals surface area contributed by atoms with Crippen LogP contribution in [0.5, 0.6) is 0 Å². The van der Waals surface area contributed by atoms with Crippen LogP contribution in [0.25, 0.3) is 0 Å². The van der Waals surface area contributed by atoms with Crippen LogP contribution in [0.4, 0.5) is 0 Å². The van der Waals surface area contributed by atoms with E-state index in [1.165, 1.54) is 37.3 Å². The number of thioether (sulfide) groups is 1. The number of aliphatic hydroxyl groups is 1. The lowest BCUT2D eigenvalue weighted by Crippen LogP contribution is -2.81. The fourth-order valence-electron chi connectivity index (χ4n) is 3.11. The average molecular weight is 414 g/mol. The number of β-lactam (4-membered cyclic amide) rings is 1. The van der Waals surface area contributed by atoms with Gasteiger partial charge < -0.3 is 25.0 Å². The Morgan fingerprint density at radius 2 is 2.22 bits per heavy atom. The molecule has 2 unspecified atom stereocenters. The molecule has 0 spiro atoms. The first-order valence-electron chi connectivity index (χ1n) is 7.86. The number of ether oxygens (including phenoxy) is 2. The Morgan fingerprint density at radius 1 is 1.48 bits per heavy atom. The van der Waals surface area contributed by atoms with Gasteiger partial charge in [-0.05, 0) is 17.0 Å². The molecular weight excluding hydrogens is 396 g/mol. The molecule has 0 radical (unpaired) electrons. The number of methoxy groups -OCH3 is 2. The molecule has 0 aromatic carbocycles. The van der Waals surface area contributed by atoms with E-state index in [0.29, 0.717) is 4.88 Å². The van der Waals surface area contributed by atoms with E-state index < -0.39 is 41.6 Å². The van der Waals surface area contributed by atoms with E-state index in [9.17, 15) is 24.6 Å². The molecule has 3 rings (SSSR count). The molecule has 1 saturated heterocycles. The van der Waals surface area contributed by atoms with Gasteiger partial charge in [0.2, 0.25) is 0 Å². The molecule has 9 nitrogen and oxygen atoms in total. The highest BCUT2D eigenvalue weighted by Crippen LogP contribution is 2.46. The van der Waals surface area contributed by atoms with Gasteiger partial charge in [-0.15, -0.1) is 23.1 Å². The van der Waals surface area contributed by atoms with Gasteiger partial charge in [-0.1, -0.05) is 6.07 Å². The third-order valence-corrected chi connectivity index (χ3v) is 6.70. The zero-order chi connectivity index (χ0) is 19.8. The van der Waals surface area contributed by atoms with Gasteiger partial charge in [-0.3, -0.25) is 14.5 Å². The van der Waals surface area contributed by atoms with Crippen LogP contribution >= 0.6 is 23.1 Å². The van der Waals surface area contributed by atoms with Gasteiger partial charge >= 0.3 is 5.97 Å². The fourth-order valence-corrected chi connectivity index (χ4v) is 5.33. The fraction of sp³-hybridized carbons (Fsp3) is 0.438. The minimum absolute atomic E-state index is 0.201. The van der Waals surface area contributed by atoms with E-state index in [1.54, 1.807) is 17.5 Å². The molecule has 1 aromatic rings. The molecule has 2 aliphatic heterocycles. The van der Waals surface area contributed by atoms with E-state index in [0.717, 1.165) is 4.90 Å². The number of amides is 2. The zero-order valence-corrected chi connectivity index (χ0v) is 16.1. The number of thiophene rings is 1. The second kappa shape index (κ2) is 7.60. The number of rotatable bonds is 7. The number of carboxylic acid groups (broad SMARTS) is 1. The van der Waals surface area contributed by atoms with Crippen LogP contribution in [0.2, 0.25) is 0 Å². The van der Waals surface area contributed by atoms with E-state index >= 15 is 0 Å². The number of hydrogen-bond donors (Lipinski definition) is 3. The van der Waals surface area contributed by atoms with Gasteiger partial charge in [-0.2, -0.15) is 0 Å². The van der Waals surface area contributed by atoms with Crippen LogP contribution in [0.3, 0.4) is 0 Å². The molecule has 3 N–H and O–H groups in total. The first-order chi connectivity index (χ1) is 12.9. The lowest BCUT2D eigenvalue weighted by molar-refractivity contribution is -0.194. The first kappa shape index (κ1) is 19.8. The molecule has 146 valence electrons. The lowest BCUT2D eigenvalue weighted by atomic mass is 9.97. The van der Waals surface area contributed by atoms with Crippen molar-refractivity contribution in [3.8, 4) is 0 Å². The van der Waals surface area contributed by atoms with Crippen molar-refractivity contribution in [3.05, 3.63) is 33.7 Å². The summed E-state index contributed by atoms with van der Waals surface area (Å²) in [7, 11) is 2.65. The van der Waals surface area contributed by atoms with Crippen molar-refractivity contribution < 1.29 is 34.1 Å². The number of nitrogens with one attached hydrogen (secondary N) is 1. The Balaban J connectivity index is 1.87. The Labute approximate surface area is 162 Å². The SMILES string of the molecule is CO[C@@H](C(=O)NC1(OC)C(=O)N2C(C(=O)O)=C(CO)CSC21)c1cccs1. The molecule has 11 heteroatoms. The summed E-state index contributed by atoms with van der Waals surface area (Å²) in [5.74, 6) is -2.39. The predicted molar refractivity (Wildman–Crippen MR) is 96.8 cm³/mol. The van der Waals surface area contributed by atoms with Crippen molar-refractivity contribution in [2.75, 3.05) is 26.6 Å². The summed E-state index contributed by atoms with van der Waals surface area (Å²) in [4.78, 5) is 38.8. The number of hydrogen-bond acceptors (Lipinski definition) is 8. The number of fused-ring (bicyclic) bond motifs is 1. The molecule has 0 aliphatic carbocycles. The molecule has 3 heterocycles. The summed E-state index contributed by atoms with van der Waals surface area (Å²) in [6, 6.07) is 3.51. The monoisotopic (exact) mass is 414 g/mol. The molecule has 1 fully saturated rings. The van der Waals surface area contributed by atoms with E-state index in [2.05, 4.69) is 5.32 Å². The van der Waals surface area contributed by atoms with Gasteiger partial charge in [0.1, 0.15) is 11.1 Å². The van der Waals surface area contributed by atoms with Crippen molar-refractivity contribution in [3.63, 3.8) is 0 Å². The predicted octanol–water partition coefficient (Wildman–Crippen LogP) is 0.141. The maximum absolute atomic E-state index is 12.8. The smallest absolute Gasteiger partial charge is 0.352 e. The van der Waals surface area contributed by atoms with Crippen molar-refractivity contribution in [1.29, 1.82) is 0 Å². The second-order valence-corrected chi connectivity index (χ2v) is 7.86. The van der Waals surface area contributed by atoms with E-state index in [4.69, 9.17) is 9.47 Å². The van der Waals surface area contributed by atoms with Crippen LogP contribution in [0.1, 0.15) is 11.0 Å². The molecular formula is C16H18N2O7S2. The van der Waals surface area contributed by atoms with Gasteiger partial charge in [-0.25, -0.2) is 4.79 Å². The van der Waals surface area contributed by atoms with Gasteiger partial charge in [0.05, 0.1) is 6.61 Å². The summed E-state index contributed by atoms with van der Waals surface area (Å²) in [5, 5.41) is 22.4. The maximum atomic E-state index is 12.8. The van der Waals surface area contributed by atoms with Crippen molar-refractivity contribution in [1.82, 2.24) is 10.2 Å². The quantitative estimate of drug-likeness (QED) is 0.425. The second-order valence-electron chi connectivity index (χ2n) is 5.81. The van der Waals surface area contributed by atoms with Crippen LogP contribution in [0, 0.1) is 0 Å². The third kappa shape index (κ3) is 3.05. The lowest BCUT2D eigenvalue weighted by Gasteiger charge is -2.55. The molecule has 1 aromatic heterocycles. The summed E-state index contributed by atoms with van der Waals surface area (Å²) in [6.45, 7) is -0.471. The highest BCUT2D eigenvalue weighted by molar-refractivity contribution is 8.00. The first-order valence-corrected chi connectivity index (χ1v) is 9.79. The normalized spacial score (nSPS) is 25.7. The highest BCUT2D eigenvalue weighted by atomic mass is 32.2. The van der Waals surface area contributed by atoms with Gasteiger partial charge in [0.15, 0.2) is 6.10 Å². The Bertz CT molecular complexity index is 795. The zero-order valence-electron chi connectivity index (χ0n) is 14.5. The molecule has 27 heavy (non-hydrogen) atoms. The van der Waals surface area contributed by atoms with Crippen LogP contribution in [-0.4, -0.2) is 70.6 Å². The number of carbonyl (C=O) groups excluding carboxylic acids is 2. The summed E-state index contributed by atoms with van der Waals surface area (Å²) < 4.78 is 10.6. The Morgan fingerprint density at radius 3 is 2.74 bits per heavy atom. The van der Waals surface area contributed by atoms with Crippen molar-refractivity contribution >= 4 is 40.9 Å². The Hall–Kier alpha value is -1.92. The molecule has 0 saturated carbocycles. The van der Waals surface area contributed by atoms with Crippen molar-refractivity contribution in [2.45, 2.75) is 17.2 Å². The van der Waals surface area contributed by atoms with E-state index in [1.807, 2.05) is 0 Å². The minimum atomic E-state index is -1.70. The number of nitrogens with zero attached hydrogens (tertiary/aromatic N) is 1. The highest BCUT2D eigenvalue weighted by Gasteiger charge is 2.66. The van der Waals surface area contributed by atoms with Gasteiger partial charge in [0.25, 0.3) is 17.5 Å². The van der Waals surface area contributed by atoms with Crippen molar-refractivity contribution in [2.24, 2.45) is 0 Å². The summed E-state index contributed by atoms with van der Waals surface area (Å²) >= 11 is 2.54. The molecule has 0 bridgehead atoms. The molecule has 2 aliphatic rings. The van der Waals surface area contributed by atoms with Crippen LogP contribution in [-0.2, 0) is 23.9 Å². The Kier molecular flexibility index (Phi) is 5.58. The van der Waals surface area contributed by atoms with Crippen LogP contribution < -0.4 is 5.32 Å². The third-order valence-electron chi connectivity index (χ3n) is 4.41. The largest absolute Gasteiger partial charge is 0.477 e. The number of carbonyl (C=O) groups is 3. The summed E-state index contributed by atoms with van der Waals surface area (Å²) in [6.07, 6.45) is -0.921. The standard InChI is InChI=1S/C16H18N2O7S2/c1-24-11(9-4-3-5-26-9)12(20)17-16(25-2)14(23)18-10(13(21)22)8(6-19)7-27-15(16)18/h3-5,11,15,19H,6-7H2,1-2H3,(H,17,20)(H,21,22)/t11-,15?,16?/m1/s1. The minimum Gasteiger partial charge on any atom is -0.477 e. The summed E-state index contributed by atoms with van der Waals surface area (Å²) in [5.41, 5.74) is -1.73. The molecule has 3 atom stereocenters. The van der Waals surface area contributed by atoms with Gasteiger partial charge in [0, 0.05) is 24.8 Å².